The van der Waals surface area contributed by atoms with E-state index in [2.05, 4.69) is 10.3 Å². The molecule has 2 aromatic carbocycles. The number of nitrogens with one attached hydrogen (secondary N) is 1. The second kappa shape index (κ2) is 9.82. The zero-order valence-electron chi connectivity index (χ0n) is 19.9. The lowest BCUT2D eigenvalue weighted by Gasteiger charge is -2.23. The molecule has 3 N–H and O–H groups in total. The highest BCUT2D eigenvalue weighted by molar-refractivity contribution is 6.17. The number of carbonyl (C=O) groups is 1. The van der Waals surface area contributed by atoms with Gasteiger partial charge in [-0.15, -0.1) is 0 Å². The first-order chi connectivity index (χ1) is 16.8. The number of fused-ring (bicyclic) bond motifs is 1. The van der Waals surface area contributed by atoms with Gasteiger partial charge in [-0.3, -0.25) is 19.1 Å². The second-order valence-corrected chi connectivity index (χ2v) is 8.71. The monoisotopic (exact) mass is 478 g/mol. The van der Waals surface area contributed by atoms with E-state index in [9.17, 15) is 18.4 Å². The molecule has 182 valence electrons. The Labute approximate surface area is 202 Å². The molecule has 6 nitrogen and oxygen atoms in total. The fraction of sp³-hybridized carbons (Fsp3) is 0.296. The predicted octanol–water partition coefficient (Wildman–Crippen LogP) is 4.71. The van der Waals surface area contributed by atoms with E-state index < -0.39 is 23.3 Å². The lowest BCUT2D eigenvalue weighted by molar-refractivity contribution is 0.0932. The molecule has 1 atom stereocenters. The zero-order chi connectivity index (χ0) is 25.3. The number of carbonyl (C=O) groups excluding carboxylic acids is 1. The summed E-state index contributed by atoms with van der Waals surface area (Å²) < 4.78 is 30.2. The Morgan fingerprint density at radius 3 is 2.60 bits per heavy atom. The van der Waals surface area contributed by atoms with Crippen LogP contribution in [-0.2, 0) is 0 Å². The number of benzene rings is 2. The van der Waals surface area contributed by atoms with Crippen molar-refractivity contribution < 1.29 is 13.6 Å². The van der Waals surface area contributed by atoms with E-state index in [4.69, 9.17) is 5.73 Å². The number of pyridine rings is 1. The van der Waals surface area contributed by atoms with Crippen molar-refractivity contribution in [3.05, 3.63) is 87.3 Å². The number of amides is 1. The van der Waals surface area contributed by atoms with Gasteiger partial charge in [0.25, 0.3) is 11.5 Å². The van der Waals surface area contributed by atoms with Crippen LogP contribution in [-0.4, -0.2) is 23.4 Å². The van der Waals surface area contributed by atoms with E-state index in [0.29, 0.717) is 23.4 Å². The lowest BCUT2D eigenvalue weighted by Crippen LogP contribution is -2.35. The first-order valence-corrected chi connectivity index (χ1v) is 11.6. The van der Waals surface area contributed by atoms with E-state index in [1.54, 1.807) is 31.2 Å². The number of aliphatic imine (C=N–C) groups is 1. The van der Waals surface area contributed by atoms with Gasteiger partial charge < -0.3 is 11.1 Å². The van der Waals surface area contributed by atoms with Gasteiger partial charge in [-0.05, 0) is 55.9 Å². The Balaban J connectivity index is 1.93. The number of aromatic nitrogens is 1. The van der Waals surface area contributed by atoms with Crippen molar-refractivity contribution >= 4 is 28.2 Å². The SMILES string of the molecule is CC/C=C(\C(N)=NC)n1c(C)c(C(=O)N[C@H](c2cccc(F)c2)C2CC2)c2cccc(F)c2c1=O. The maximum Gasteiger partial charge on any atom is 0.266 e. The van der Waals surface area contributed by atoms with Crippen LogP contribution in [0.4, 0.5) is 8.78 Å². The number of nitrogens with two attached hydrogens (primary N) is 1. The van der Waals surface area contributed by atoms with Crippen LogP contribution in [0.25, 0.3) is 16.5 Å². The predicted molar refractivity (Wildman–Crippen MR) is 134 cm³/mol. The molecule has 1 fully saturated rings. The summed E-state index contributed by atoms with van der Waals surface area (Å²) in [4.78, 5) is 31.2. The number of nitrogens with zero attached hydrogens (tertiary/aromatic N) is 2. The Bertz CT molecular complexity index is 1420. The van der Waals surface area contributed by atoms with E-state index >= 15 is 0 Å². The number of hydrogen-bond donors (Lipinski definition) is 2. The van der Waals surface area contributed by atoms with Crippen molar-refractivity contribution in [2.75, 3.05) is 7.05 Å². The van der Waals surface area contributed by atoms with Crippen LogP contribution in [0.3, 0.4) is 0 Å². The van der Waals surface area contributed by atoms with Crippen molar-refractivity contribution in [1.29, 1.82) is 0 Å². The quantitative estimate of drug-likeness (QED) is 0.381. The molecule has 0 unspecified atom stereocenters. The Morgan fingerprint density at radius 2 is 1.97 bits per heavy atom. The fourth-order valence-electron chi connectivity index (χ4n) is 4.53. The van der Waals surface area contributed by atoms with Gasteiger partial charge in [-0.2, -0.15) is 0 Å². The van der Waals surface area contributed by atoms with Gasteiger partial charge in [0.05, 0.1) is 22.7 Å². The summed E-state index contributed by atoms with van der Waals surface area (Å²) >= 11 is 0. The standard InChI is InChI=1S/C27H28F2N4O2/c1-4-7-21(25(30)31-3)33-15(2)22(19-10-6-11-20(29)23(19)27(33)35)26(34)32-24(16-12-13-16)17-8-5-9-18(28)14-17/h5-11,14,16,24H,4,12-13H2,1-3H3,(H2,30,31)(H,32,34)/b21-7+/t24-/m0/s1. The van der Waals surface area contributed by atoms with Crippen LogP contribution >= 0.6 is 0 Å². The van der Waals surface area contributed by atoms with Gasteiger partial charge in [-0.25, -0.2) is 8.78 Å². The van der Waals surface area contributed by atoms with E-state index in [1.807, 2.05) is 6.92 Å². The van der Waals surface area contributed by atoms with Gasteiger partial charge in [-0.1, -0.05) is 37.3 Å². The van der Waals surface area contributed by atoms with E-state index in [0.717, 1.165) is 12.8 Å². The average molecular weight is 479 g/mol. The minimum atomic E-state index is -0.734. The summed E-state index contributed by atoms with van der Waals surface area (Å²) in [6.07, 6.45) is 4.06. The Hall–Kier alpha value is -3.81. The molecule has 1 amide bonds. The number of halogens is 2. The van der Waals surface area contributed by atoms with Crippen molar-refractivity contribution in [2.45, 2.75) is 39.2 Å². The van der Waals surface area contributed by atoms with Crippen LogP contribution in [0.15, 0.2) is 58.3 Å². The third-order valence-electron chi connectivity index (χ3n) is 6.35. The molecule has 0 bridgehead atoms. The summed E-state index contributed by atoms with van der Waals surface area (Å²) in [5, 5.41) is 3.03. The highest BCUT2D eigenvalue weighted by Crippen LogP contribution is 2.41. The number of allylic oxidation sites excluding steroid dienone is 1. The fourth-order valence-corrected chi connectivity index (χ4v) is 4.53. The molecule has 8 heteroatoms. The Morgan fingerprint density at radius 1 is 1.26 bits per heavy atom. The molecule has 0 saturated heterocycles. The summed E-state index contributed by atoms with van der Waals surface area (Å²) in [7, 11) is 1.49. The van der Waals surface area contributed by atoms with Crippen molar-refractivity contribution in [1.82, 2.24) is 9.88 Å². The number of amidine groups is 1. The number of rotatable bonds is 7. The molecule has 0 aliphatic heterocycles. The van der Waals surface area contributed by atoms with Gasteiger partial charge in [0.1, 0.15) is 17.5 Å². The largest absolute Gasteiger partial charge is 0.382 e. The first-order valence-electron chi connectivity index (χ1n) is 11.6. The van der Waals surface area contributed by atoms with Crippen LogP contribution < -0.4 is 16.6 Å². The summed E-state index contributed by atoms with van der Waals surface area (Å²) in [5.41, 5.74) is 6.90. The maximum absolute atomic E-state index is 15.0. The highest BCUT2D eigenvalue weighted by Gasteiger charge is 2.35. The minimum Gasteiger partial charge on any atom is -0.382 e. The molecule has 0 radical (unpaired) electrons. The summed E-state index contributed by atoms with van der Waals surface area (Å²) in [5.74, 6) is -1.33. The zero-order valence-corrected chi connectivity index (χ0v) is 19.9. The normalized spacial score (nSPS) is 15.3. The molecule has 3 aromatic rings. The second-order valence-electron chi connectivity index (χ2n) is 8.71. The van der Waals surface area contributed by atoms with E-state index in [1.165, 1.54) is 35.9 Å². The molecule has 1 aliphatic carbocycles. The molecule has 4 rings (SSSR count). The topological polar surface area (TPSA) is 89.5 Å². The van der Waals surface area contributed by atoms with Crippen molar-refractivity contribution in [3.8, 4) is 0 Å². The third-order valence-corrected chi connectivity index (χ3v) is 6.35. The Kier molecular flexibility index (Phi) is 6.82. The highest BCUT2D eigenvalue weighted by atomic mass is 19.1. The third kappa shape index (κ3) is 4.60. The number of hydrogen-bond acceptors (Lipinski definition) is 3. The molecule has 35 heavy (non-hydrogen) atoms. The average Bonchev–Trinajstić information content (AvgIpc) is 3.66. The molecule has 1 aliphatic rings. The molecule has 0 spiro atoms. The van der Waals surface area contributed by atoms with Crippen LogP contribution in [0, 0.1) is 24.5 Å². The van der Waals surface area contributed by atoms with Crippen LogP contribution in [0.2, 0.25) is 0 Å². The minimum absolute atomic E-state index is 0.0923. The van der Waals surface area contributed by atoms with Crippen LogP contribution in [0.5, 0.6) is 0 Å². The smallest absolute Gasteiger partial charge is 0.266 e. The van der Waals surface area contributed by atoms with Crippen molar-refractivity contribution in [2.24, 2.45) is 16.6 Å². The molecular weight excluding hydrogens is 450 g/mol. The first kappa shape index (κ1) is 24.3. The van der Waals surface area contributed by atoms with E-state index in [-0.39, 0.29) is 33.9 Å². The van der Waals surface area contributed by atoms with Gasteiger partial charge >= 0.3 is 0 Å². The van der Waals surface area contributed by atoms with Crippen LogP contribution in [0.1, 0.15) is 53.8 Å². The molecule has 1 aromatic heterocycles. The van der Waals surface area contributed by atoms with Crippen molar-refractivity contribution in [3.63, 3.8) is 0 Å². The summed E-state index contributed by atoms with van der Waals surface area (Å²) in [6, 6.07) is 9.95. The molecular formula is C27H28F2N4O2. The summed E-state index contributed by atoms with van der Waals surface area (Å²) in [6.45, 7) is 3.50. The lowest BCUT2D eigenvalue weighted by atomic mass is 9.99. The van der Waals surface area contributed by atoms with Gasteiger partial charge in [0.15, 0.2) is 0 Å². The maximum atomic E-state index is 15.0. The molecule has 1 heterocycles. The molecule has 1 saturated carbocycles. The van der Waals surface area contributed by atoms with Gasteiger partial charge in [0.2, 0.25) is 0 Å². The van der Waals surface area contributed by atoms with Gasteiger partial charge in [0, 0.05) is 18.1 Å².